The monoisotopic (exact) mass is 908 g/mol. The summed E-state index contributed by atoms with van der Waals surface area (Å²) >= 11 is 0. The summed E-state index contributed by atoms with van der Waals surface area (Å²) in [6, 6.07) is 0. The average molecular weight is 909 g/mol. The summed E-state index contributed by atoms with van der Waals surface area (Å²) in [5.41, 5.74) is 5.12. The molecule has 0 bridgehead atoms. The Morgan fingerprint density at radius 2 is 0.905 bits per heavy atom. The van der Waals surface area contributed by atoms with Crippen LogP contribution in [0.15, 0.2) is 0 Å². The van der Waals surface area contributed by atoms with Crippen LogP contribution in [0.2, 0.25) is 0 Å². The van der Waals surface area contributed by atoms with Gasteiger partial charge in [-0.2, -0.15) is 0 Å². The molecule has 0 aromatic rings. The van der Waals surface area contributed by atoms with Crippen molar-refractivity contribution in [2.45, 2.75) is 264 Å². The average Bonchev–Trinajstić information content (AvgIpc) is 2.97. The highest BCUT2D eigenvalue weighted by Gasteiger charge is 2.38. The lowest BCUT2D eigenvalue weighted by Gasteiger charge is -2.37. The van der Waals surface area contributed by atoms with Crippen molar-refractivity contribution in [1.82, 2.24) is 0 Å². The van der Waals surface area contributed by atoms with Gasteiger partial charge in [0.25, 0.3) is 0 Å². The van der Waals surface area contributed by atoms with Crippen molar-refractivity contribution in [3.8, 4) is 0 Å². The van der Waals surface area contributed by atoms with E-state index in [0.29, 0.717) is 17.4 Å². The second-order valence-electron chi connectivity index (χ2n) is 28.7. The minimum Gasteiger partial charge on any atom is -0.396 e. The SMILES string of the molecule is CC(C)(C)C(C)(C)C(N)=O.CC(C)(C)C(C)(C)CO.CC(C)(C)C(C)(C)O.CC(C)(C)CC(C)(C)O.CC(C)(C)CC1CCOCC1.CC(C)(C)CCO.COC(C)(C)C(C)(C)C. The molecule has 0 radical (unpaired) electrons. The van der Waals surface area contributed by atoms with Crippen LogP contribution in [0.4, 0.5) is 0 Å². The van der Waals surface area contributed by atoms with Gasteiger partial charge in [-0.1, -0.05) is 173 Å². The molecule has 1 fully saturated rings. The van der Waals surface area contributed by atoms with Gasteiger partial charge in [-0.3, -0.25) is 4.79 Å². The first kappa shape index (κ1) is 73.8. The van der Waals surface area contributed by atoms with Gasteiger partial charge in [-0.25, -0.2) is 0 Å². The Balaban J connectivity index is -0.000000151. The number of hydrogen-bond acceptors (Lipinski definition) is 7. The van der Waals surface area contributed by atoms with Gasteiger partial charge < -0.3 is 35.6 Å². The first-order chi connectivity index (χ1) is 26.9. The standard InChI is InChI=1S/C10H20O.C8H17NO.3C8H18O.C7H16O.C6H14O/c1-10(2,3)8-9-4-6-11-7-5-9;1-7(2,3)8(4,5)6(9)10;1-7(2,3)8(4,5)9-6;1-7(2,3)8(4,5)6-9;1-7(2,3)6-8(4,5)9;1-6(2,3)7(4,5)8;1-6(2,3)4-5-7/h9H,4-8H2,1-3H3;1-5H3,(H2,9,10);1-6H3;2*9H,6H2,1-5H3;8H,1-5H3;7H,4-5H2,1-3H3. The van der Waals surface area contributed by atoms with Gasteiger partial charge in [-0.05, 0) is 123 Å². The van der Waals surface area contributed by atoms with Crippen molar-refractivity contribution >= 4 is 5.91 Å². The quantitative estimate of drug-likeness (QED) is 0.179. The van der Waals surface area contributed by atoms with Gasteiger partial charge in [-0.15, -0.1) is 0 Å². The molecule has 0 spiro atoms. The summed E-state index contributed by atoms with van der Waals surface area (Å²) in [5, 5.41) is 36.0. The maximum Gasteiger partial charge on any atom is 0.223 e. The molecule has 388 valence electrons. The molecule has 0 unspecified atom stereocenters. The highest BCUT2D eigenvalue weighted by atomic mass is 16.5. The molecule has 1 saturated heterocycles. The summed E-state index contributed by atoms with van der Waals surface area (Å²) < 4.78 is 10.6. The number of primary amides is 1. The number of rotatable bonds is 6. The highest BCUT2D eigenvalue weighted by molar-refractivity contribution is 5.80. The minimum absolute atomic E-state index is 0.00694. The highest BCUT2D eigenvalue weighted by Crippen LogP contribution is 2.38. The molecular formula is C55H121NO7. The smallest absolute Gasteiger partial charge is 0.223 e. The third kappa shape index (κ3) is 43.6. The van der Waals surface area contributed by atoms with Gasteiger partial charge in [0.15, 0.2) is 0 Å². The summed E-state index contributed by atoms with van der Waals surface area (Å²) in [6.07, 6.45) is 5.65. The topological polar surface area (TPSA) is 142 Å². The molecule has 1 amide bonds. The van der Waals surface area contributed by atoms with Crippen molar-refractivity contribution in [2.75, 3.05) is 33.5 Å². The number of ether oxygens (including phenoxy) is 2. The normalized spacial score (nSPS) is 15.1. The van der Waals surface area contributed by atoms with Crippen molar-refractivity contribution in [1.29, 1.82) is 0 Å². The minimum atomic E-state index is -0.562. The van der Waals surface area contributed by atoms with E-state index in [9.17, 15) is 15.0 Å². The second-order valence-corrected chi connectivity index (χ2v) is 28.7. The fourth-order valence-electron chi connectivity index (χ4n) is 4.36. The summed E-state index contributed by atoms with van der Waals surface area (Å²) in [4.78, 5) is 10.9. The number of methoxy groups -OCH3 is 1. The molecule has 0 aromatic heterocycles. The maximum absolute atomic E-state index is 10.9. The third-order valence-electron chi connectivity index (χ3n) is 13.1. The predicted molar refractivity (Wildman–Crippen MR) is 278 cm³/mol. The molecule has 63 heavy (non-hydrogen) atoms. The lowest BCUT2D eigenvalue weighted by molar-refractivity contribution is -0.131. The fraction of sp³-hybridized carbons (Fsp3) is 0.982. The van der Waals surface area contributed by atoms with Gasteiger partial charge in [0.1, 0.15) is 0 Å². The van der Waals surface area contributed by atoms with Crippen molar-refractivity contribution in [3.05, 3.63) is 0 Å². The first-order valence-corrected chi connectivity index (χ1v) is 24.0. The zero-order valence-electron chi connectivity index (χ0n) is 49.0. The van der Waals surface area contributed by atoms with Crippen molar-refractivity contribution in [2.24, 2.45) is 60.4 Å². The second kappa shape index (κ2) is 28.5. The van der Waals surface area contributed by atoms with Crippen LogP contribution in [-0.4, -0.2) is 76.7 Å². The van der Waals surface area contributed by atoms with Crippen LogP contribution in [0.3, 0.4) is 0 Å². The first-order valence-electron chi connectivity index (χ1n) is 24.0. The Bertz CT molecular complexity index is 1080. The Kier molecular flexibility index (Phi) is 33.4. The van der Waals surface area contributed by atoms with E-state index in [2.05, 4.69) is 132 Å². The van der Waals surface area contributed by atoms with E-state index in [1.165, 1.54) is 19.3 Å². The molecule has 0 atom stereocenters. The van der Waals surface area contributed by atoms with E-state index in [-0.39, 0.29) is 50.6 Å². The van der Waals surface area contributed by atoms with Crippen LogP contribution in [0.25, 0.3) is 0 Å². The molecule has 6 N–H and O–H groups in total. The molecule has 1 aliphatic heterocycles. The van der Waals surface area contributed by atoms with Gasteiger partial charge in [0.2, 0.25) is 5.91 Å². The summed E-state index contributed by atoms with van der Waals surface area (Å²) in [6.45, 7) is 66.7. The molecule has 8 heteroatoms. The van der Waals surface area contributed by atoms with Crippen LogP contribution in [0.1, 0.15) is 247 Å². The van der Waals surface area contributed by atoms with E-state index in [1.54, 1.807) is 7.11 Å². The van der Waals surface area contributed by atoms with Crippen molar-refractivity contribution in [3.63, 3.8) is 0 Å². The van der Waals surface area contributed by atoms with Gasteiger partial charge in [0.05, 0.1) is 16.8 Å². The molecule has 0 aliphatic carbocycles. The lowest BCUT2D eigenvalue weighted by Crippen LogP contribution is -2.42. The van der Waals surface area contributed by atoms with Gasteiger partial charge in [0, 0.05) is 39.0 Å². The number of amides is 1. The Labute approximate surface area is 396 Å². The summed E-state index contributed by atoms with van der Waals surface area (Å²) in [7, 11) is 1.76. The number of carbonyl (C=O) groups is 1. The zero-order valence-corrected chi connectivity index (χ0v) is 49.0. The van der Waals surface area contributed by atoms with Crippen LogP contribution >= 0.6 is 0 Å². The number of aliphatic hydroxyl groups excluding tert-OH is 2. The van der Waals surface area contributed by atoms with Crippen LogP contribution < -0.4 is 5.73 Å². The Hall–Kier alpha value is -0.770. The van der Waals surface area contributed by atoms with Gasteiger partial charge >= 0.3 is 0 Å². The number of carbonyl (C=O) groups excluding carboxylic acids is 1. The molecular weight excluding hydrogens is 787 g/mol. The van der Waals surface area contributed by atoms with E-state index >= 15 is 0 Å². The molecule has 1 aliphatic rings. The molecule has 0 aromatic carbocycles. The number of aliphatic hydroxyl groups is 4. The largest absolute Gasteiger partial charge is 0.396 e. The molecule has 0 saturated carbocycles. The van der Waals surface area contributed by atoms with Crippen molar-refractivity contribution < 1.29 is 34.7 Å². The van der Waals surface area contributed by atoms with Crippen LogP contribution in [-0.2, 0) is 14.3 Å². The van der Waals surface area contributed by atoms with Crippen LogP contribution in [0, 0.1) is 54.7 Å². The Morgan fingerprint density at radius 3 is 0.984 bits per heavy atom. The maximum atomic E-state index is 10.9. The van der Waals surface area contributed by atoms with E-state index in [4.69, 9.17) is 25.4 Å². The number of hydrogen-bond donors (Lipinski definition) is 5. The van der Waals surface area contributed by atoms with E-state index in [1.807, 2.05) is 83.1 Å². The Morgan fingerprint density at radius 1 is 0.556 bits per heavy atom. The predicted octanol–water partition coefficient (Wildman–Crippen LogP) is 14.3. The van der Waals surface area contributed by atoms with E-state index < -0.39 is 16.6 Å². The van der Waals surface area contributed by atoms with E-state index in [0.717, 1.165) is 32.0 Å². The molecule has 1 rings (SSSR count). The molecule has 8 nitrogen and oxygen atoms in total. The third-order valence-corrected chi connectivity index (χ3v) is 13.1. The molecule has 1 heterocycles. The lowest BCUT2D eigenvalue weighted by atomic mass is 9.69. The zero-order chi connectivity index (χ0) is 52.9. The number of nitrogens with two attached hydrogens (primary N) is 1. The van der Waals surface area contributed by atoms with Crippen LogP contribution in [0.5, 0.6) is 0 Å². The fourth-order valence-corrected chi connectivity index (χ4v) is 4.36. The summed E-state index contributed by atoms with van der Waals surface area (Å²) in [5.74, 6) is 0.684.